The smallest absolute Gasteiger partial charge is 0.326 e. The van der Waals surface area contributed by atoms with E-state index in [1.165, 1.54) is 39.5 Å². The van der Waals surface area contributed by atoms with Gasteiger partial charge in [-0.3, -0.25) is 9.10 Å². The van der Waals surface area contributed by atoms with Crippen LogP contribution in [0.3, 0.4) is 0 Å². The molecule has 0 radical (unpaired) electrons. The highest BCUT2D eigenvalue weighted by Crippen LogP contribution is 2.32. The summed E-state index contributed by atoms with van der Waals surface area (Å²) < 4.78 is 42.4. The van der Waals surface area contributed by atoms with Crippen molar-refractivity contribution in [1.29, 1.82) is 0 Å². The van der Waals surface area contributed by atoms with E-state index < -0.39 is 22.5 Å². The molecule has 0 bridgehead atoms. The van der Waals surface area contributed by atoms with Crippen LogP contribution in [-0.4, -0.2) is 42.3 Å². The average molecular weight is 379 g/mol. The van der Waals surface area contributed by atoms with Crippen LogP contribution in [0.1, 0.15) is 5.56 Å². The molecule has 0 unspecified atom stereocenters. The second-order valence-electron chi connectivity index (χ2n) is 5.44. The zero-order chi connectivity index (χ0) is 19.3. The molecule has 0 aliphatic rings. The van der Waals surface area contributed by atoms with E-state index in [9.17, 15) is 13.2 Å². The zero-order valence-electron chi connectivity index (χ0n) is 15.1. The molecule has 2 aromatic carbocycles. The Hall–Kier alpha value is -2.74. The van der Waals surface area contributed by atoms with Crippen molar-refractivity contribution in [3.63, 3.8) is 0 Å². The van der Waals surface area contributed by atoms with Gasteiger partial charge in [0, 0.05) is 6.07 Å². The van der Waals surface area contributed by atoms with E-state index in [1.807, 2.05) is 13.0 Å². The Morgan fingerprint density at radius 1 is 1.00 bits per heavy atom. The van der Waals surface area contributed by atoms with Crippen LogP contribution >= 0.6 is 0 Å². The summed E-state index contributed by atoms with van der Waals surface area (Å²) in [5.74, 6) is 0.00733. The maximum absolute atomic E-state index is 13.2. The number of rotatable bonds is 7. The first-order chi connectivity index (χ1) is 12.3. The summed E-state index contributed by atoms with van der Waals surface area (Å²) in [5.41, 5.74) is 1.23. The van der Waals surface area contributed by atoms with Crippen molar-refractivity contribution in [3.8, 4) is 11.5 Å². The number of methoxy groups -OCH3 is 3. The van der Waals surface area contributed by atoms with Gasteiger partial charge < -0.3 is 14.2 Å². The molecule has 0 saturated carbocycles. The number of nitrogens with zero attached hydrogens (tertiary/aromatic N) is 1. The number of benzene rings is 2. The maximum Gasteiger partial charge on any atom is 0.326 e. The van der Waals surface area contributed by atoms with Gasteiger partial charge in [-0.1, -0.05) is 12.1 Å². The van der Waals surface area contributed by atoms with Crippen molar-refractivity contribution in [3.05, 3.63) is 48.0 Å². The monoisotopic (exact) mass is 379 g/mol. The number of aryl methyl sites for hydroxylation is 1. The third-order valence-electron chi connectivity index (χ3n) is 3.73. The average Bonchev–Trinajstić information content (AvgIpc) is 2.64. The topological polar surface area (TPSA) is 82.1 Å². The van der Waals surface area contributed by atoms with E-state index in [0.717, 1.165) is 9.87 Å². The van der Waals surface area contributed by atoms with Crippen molar-refractivity contribution in [2.24, 2.45) is 0 Å². The summed E-state index contributed by atoms with van der Waals surface area (Å²) in [7, 11) is 0.0498. The van der Waals surface area contributed by atoms with Crippen molar-refractivity contribution >= 4 is 21.7 Å². The largest absolute Gasteiger partial charge is 0.493 e. The maximum atomic E-state index is 13.2. The second kappa shape index (κ2) is 8.09. The fourth-order valence-corrected chi connectivity index (χ4v) is 3.80. The van der Waals surface area contributed by atoms with Crippen LogP contribution in [0.25, 0.3) is 0 Å². The highest BCUT2D eigenvalue weighted by molar-refractivity contribution is 7.92. The van der Waals surface area contributed by atoms with Crippen molar-refractivity contribution in [2.45, 2.75) is 11.8 Å². The Labute approximate surface area is 153 Å². The van der Waals surface area contributed by atoms with Gasteiger partial charge in [0.05, 0.1) is 31.9 Å². The van der Waals surface area contributed by atoms with E-state index in [1.54, 1.807) is 18.2 Å². The number of hydrogen-bond acceptors (Lipinski definition) is 6. The molecule has 140 valence electrons. The first-order valence-corrected chi connectivity index (χ1v) is 9.15. The number of ether oxygens (including phenoxy) is 3. The first-order valence-electron chi connectivity index (χ1n) is 7.71. The van der Waals surface area contributed by atoms with E-state index >= 15 is 0 Å². The molecule has 2 aromatic rings. The van der Waals surface area contributed by atoms with Crippen LogP contribution in [0.15, 0.2) is 47.4 Å². The summed E-state index contributed by atoms with van der Waals surface area (Å²) in [6.45, 7) is 1.39. The quantitative estimate of drug-likeness (QED) is 0.687. The lowest BCUT2D eigenvalue weighted by molar-refractivity contribution is -0.138. The summed E-state index contributed by atoms with van der Waals surface area (Å²) in [6, 6.07) is 11.1. The Morgan fingerprint density at radius 3 is 2.27 bits per heavy atom. The van der Waals surface area contributed by atoms with Crippen LogP contribution in [0.4, 0.5) is 5.69 Å². The Bertz CT molecular complexity index is 894. The molecule has 0 heterocycles. The Morgan fingerprint density at radius 2 is 1.69 bits per heavy atom. The molecule has 0 aromatic heterocycles. The van der Waals surface area contributed by atoms with E-state index in [-0.39, 0.29) is 10.6 Å². The van der Waals surface area contributed by atoms with Gasteiger partial charge in [0.25, 0.3) is 10.0 Å². The highest BCUT2D eigenvalue weighted by Gasteiger charge is 2.28. The fraction of sp³-hybridized carbons (Fsp3) is 0.278. The van der Waals surface area contributed by atoms with Crippen molar-refractivity contribution < 1.29 is 27.4 Å². The molecular weight excluding hydrogens is 358 g/mol. The van der Waals surface area contributed by atoms with Gasteiger partial charge >= 0.3 is 5.97 Å². The number of hydrogen-bond donors (Lipinski definition) is 0. The summed E-state index contributed by atoms with van der Waals surface area (Å²) in [6.07, 6.45) is 0. The summed E-state index contributed by atoms with van der Waals surface area (Å²) in [5, 5.41) is 0. The predicted octanol–water partition coefficient (Wildman–Crippen LogP) is 2.38. The summed E-state index contributed by atoms with van der Waals surface area (Å²) >= 11 is 0. The third-order valence-corrected chi connectivity index (χ3v) is 5.50. The lowest BCUT2D eigenvalue weighted by Gasteiger charge is -2.24. The minimum Gasteiger partial charge on any atom is -0.493 e. The van der Waals surface area contributed by atoms with Crippen LogP contribution < -0.4 is 13.8 Å². The second-order valence-corrected chi connectivity index (χ2v) is 7.31. The van der Waals surface area contributed by atoms with E-state index in [0.29, 0.717) is 11.4 Å². The van der Waals surface area contributed by atoms with Crippen LogP contribution in [0, 0.1) is 6.92 Å². The lowest BCUT2D eigenvalue weighted by atomic mass is 10.2. The number of carbonyl (C=O) groups excluding carboxylic acids is 1. The van der Waals surface area contributed by atoms with E-state index in [2.05, 4.69) is 4.74 Å². The molecule has 0 N–H and O–H groups in total. The highest BCUT2D eigenvalue weighted by atomic mass is 32.2. The number of sulfonamides is 1. The molecule has 7 nitrogen and oxygen atoms in total. The van der Waals surface area contributed by atoms with Gasteiger partial charge in [0.1, 0.15) is 6.54 Å². The minimum atomic E-state index is -4.04. The molecule has 0 aliphatic heterocycles. The van der Waals surface area contributed by atoms with Crippen LogP contribution in [0.5, 0.6) is 11.5 Å². The molecular formula is C18H21NO6S. The lowest BCUT2D eigenvalue weighted by Crippen LogP contribution is -2.36. The molecule has 0 aliphatic carbocycles. The predicted molar refractivity (Wildman–Crippen MR) is 97.3 cm³/mol. The van der Waals surface area contributed by atoms with Crippen molar-refractivity contribution in [2.75, 3.05) is 32.2 Å². The van der Waals surface area contributed by atoms with Crippen molar-refractivity contribution in [1.82, 2.24) is 0 Å². The van der Waals surface area contributed by atoms with Gasteiger partial charge in [0.15, 0.2) is 11.5 Å². The molecule has 0 saturated heterocycles. The van der Waals surface area contributed by atoms with Crippen LogP contribution in [-0.2, 0) is 19.6 Å². The molecule has 0 atom stereocenters. The molecule has 2 rings (SSSR count). The van der Waals surface area contributed by atoms with Gasteiger partial charge in [-0.05, 0) is 36.8 Å². The molecule has 8 heteroatoms. The Balaban J connectivity index is 2.57. The number of carbonyl (C=O) groups is 1. The third kappa shape index (κ3) is 4.08. The van der Waals surface area contributed by atoms with E-state index in [4.69, 9.17) is 9.47 Å². The van der Waals surface area contributed by atoms with Gasteiger partial charge in [-0.25, -0.2) is 8.42 Å². The SMILES string of the molecule is COC(=O)CN(c1cccc(C)c1)S(=O)(=O)c1ccc(OC)c(OC)c1. The first kappa shape index (κ1) is 19.6. The van der Waals surface area contributed by atoms with Gasteiger partial charge in [-0.2, -0.15) is 0 Å². The number of esters is 1. The minimum absolute atomic E-state index is 0.0273. The summed E-state index contributed by atoms with van der Waals surface area (Å²) in [4.78, 5) is 11.8. The molecule has 0 amide bonds. The standard InChI is InChI=1S/C18H21NO6S/c1-13-6-5-7-14(10-13)19(12-18(20)25-4)26(21,22)15-8-9-16(23-2)17(11-15)24-3/h5-11H,12H2,1-4H3. The zero-order valence-corrected chi connectivity index (χ0v) is 15.9. The van der Waals surface area contributed by atoms with Crippen LogP contribution in [0.2, 0.25) is 0 Å². The molecule has 0 fully saturated rings. The molecule has 26 heavy (non-hydrogen) atoms. The van der Waals surface area contributed by atoms with Gasteiger partial charge in [-0.15, -0.1) is 0 Å². The molecule has 0 spiro atoms. The van der Waals surface area contributed by atoms with Gasteiger partial charge in [0.2, 0.25) is 0 Å². The fourth-order valence-electron chi connectivity index (χ4n) is 2.38. The normalized spacial score (nSPS) is 10.9. The Kier molecular flexibility index (Phi) is 6.10. The number of anilines is 1.